The van der Waals surface area contributed by atoms with Gasteiger partial charge < -0.3 is 4.42 Å². The number of aromatic nitrogens is 2. The van der Waals surface area contributed by atoms with Crippen molar-refractivity contribution in [2.45, 2.75) is 6.92 Å². The Morgan fingerprint density at radius 3 is 2.72 bits per heavy atom. The smallest absolute Gasteiger partial charge is 0.287 e. The highest BCUT2D eigenvalue weighted by atomic mass is 32.1. The van der Waals surface area contributed by atoms with Crippen molar-refractivity contribution in [2.75, 3.05) is 0 Å². The van der Waals surface area contributed by atoms with Gasteiger partial charge in [0.1, 0.15) is 21.7 Å². The van der Waals surface area contributed by atoms with Crippen molar-refractivity contribution in [1.82, 2.24) is 4.98 Å². The molecule has 0 amide bonds. The van der Waals surface area contributed by atoms with Gasteiger partial charge in [-0.25, -0.2) is 8.96 Å². The van der Waals surface area contributed by atoms with Crippen molar-refractivity contribution in [1.29, 1.82) is 0 Å². The molecule has 0 aliphatic heterocycles. The van der Waals surface area contributed by atoms with Crippen LogP contribution in [0, 0.1) is 12.7 Å². The number of rotatable bonds is 1. The average Bonchev–Trinajstić information content (AvgIpc) is 3.26. The zero-order valence-corrected chi connectivity index (χ0v) is 16.7. The van der Waals surface area contributed by atoms with Gasteiger partial charge in [0, 0.05) is 26.9 Å². The molecule has 0 unspecified atom stereocenters. The third kappa shape index (κ3) is 2.28. The van der Waals surface area contributed by atoms with E-state index in [1.54, 1.807) is 17.4 Å². The molecule has 3 nitrogen and oxygen atoms in total. The highest BCUT2D eigenvalue weighted by molar-refractivity contribution is 7.26. The molecule has 0 aliphatic carbocycles. The molecule has 0 fully saturated rings. The molecule has 0 bridgehead atoms. The molecule has 0 radical (unpaired) electrons. The second-order valence-electron chi connectivity index (χ2n) is 7.36. The minimum Gasteiger partial charge on any atom is -0.455 e. The minimum atomic E-state index is -0.295. The molecule has 0 atom stereocenters. The van der Waals surface area contributed by atoms with Gasteiger partial charge in [-0.1, -0.05) is 24.3 Å². The van der Waals surface area contributed by atoms with Crippen molar-refractivity contribution in [3.8, 4) is 11.3 Å². The van der Waals surface area contributed by atoms with Crippen molar-refractivity contribution in [3.63, 3.8) is 0 Å². The van der Waals surface area contributed by atoms with E-state index in [9.17, 15) is 4.39 Å². The molecule has 140 valence electrons. The van der Waals surface area contributed by atoms with Crippen LogP contribution in [0.15, 0.2) is 65.3 Å². The first-order chi connectivity index (χ1) is 14.1. The second kappa shape index (κ2) is 5.84. The number of hydrogen-bond acceptors (Lipinski definition) is 3. The summed E-state index contributed by atoms with van der Waals surface area (Å²) in [4.78, 5) is 4.71. The van der Waals surface area contributed by atoms with Gasteiger partial charge in [0.05, 0.1) is 12.6 Å². The van der Waals surface area contributed by atoms with E-state index < -0.39 is 0 Å². The maximum Gasteiger partial charge on any atom is 0.287 e. The largest absolute Gasteiger partial charge is 0.455 e. The molecule has 0 spiro atoms. The van der Waals surface area contributed by atoms with E-state index in [-0.39, 0.29) is 5.82 Å². The van der Waals surface area contributed by atoms with Crippen LogP contribution in [0.25, 0.3) is 53.5 Å². The second-order valence-corrected chi connectivity index (χ2v) is 8.41. The van der Waals surface area contributed by atoms with E-state index >= 15 is 0 Å². The molecule has 6 rings (SSSR count). The van der Waals surface area contributed by atoms with Gasteiger partial charge in [0.25, 0.3) is 6.33 Å². The number of thiophene rings is 1. The Morgan fingerprint density at radius 2 is 1.83 bits per heavy atom. The molecule has 3 aromatic carbocycles. The monoisotopic (exact) mass is 399 g/mol. The molecule has 3 heterocycles. The Morgan fingerprint density at radius 1 is 1.00 bits per heavy atom. The van der Waals surface area contributed by atoms with E-state index in [0.29, 0.717) is 5.58 Å². The highest BCUT2D eigenvalue weighted by Crippen LogP contribution is 2.42. The molecular formula is C24H16FN2OS+. The molecule has 0 N–H and O–H groups in total. The van der Waals surface area contributed by atoms with Crippen LogP contribution in [0.5, 0.6) is 0 Å². The van der Waals surface area contributed by atoms with Crippen LogP contribution in [-0.4, -0.2) is 4.98 Å². The van der Waals surface area contributed by atoms with Gasteiger partial charge in [-0.05, 0) is 41.7 Å². The zero-order valence-electron chi connectivity index (χ0n) is 15.9. The first-order valence-electron chi connectivity index (χ1n) is 9.39. The highest BCUT2D eigenvalue weighted by Gasteiger charge is 2.25. The van der Waals surface area contributed by atoms with Gasteiger partial charge in [-0.15, -0.1) is 11.3 Å². The van der Waals surface area contributed by atoms with Crippen LogP contribution < -0.4 is 4.57 Å². The van der Waals surface area contributed by atoms with Crippen molar-refractivity contribution in [2.24, 2.45) is 7.05 Å². The summed E-state index contributed by atoms with van der Waals surface area (Å²) >= 11 is 1.74. The molecule has 0 aliphatic rings. The van der Waals surface area contributed by atoms with Crippen LogP contribution in [-0.2, 0) is 7.05 Å². The first-order valence-corrected chi connectivity index (χ1v) is 10.2. The summed E-state index contributed by atoms with van der Waals surface area (Å²) in [6.45, 7) is 2.09. The Hall–Kier alpha value is -3.31. The van der Waals surface area contributed by atoms with Crippen LogP contribution in [0.2, 0.25) is 0 Å². The summed E-state index contributed by atoms with van der Waals surface area (Å²) in [6, 6.07) is 17.2. The van der Waals surface area contributed by atoms with Gasteiger partial charge in [0.15, 0.2) is 5.69 Å². The molecule has 3 aromatic heterocycles. The lowest BCUT2D eigenvalue weighted by molar-refractivity contribution is -0.662. The maximum atomic E-state index is 13.8. The van der Waals surface area contributed by atoms with Crippen LogP contribution in [0.3, 0.4) is 0 Å². The summed E-state index contributed by atoms with van der Waals surface area (Å²) in [7, 11) is 2.01. The number of hydrogen-bond donors (Lipinski definition) is 0. The molecule has 0 saturated carbocycles. The lowest BCUT2D eigenvalue weighted by Gasteiger charge is -2.07. The Kier molecular flexibility index (Phi) is 3.35. The fourth-order valence-corrected chi connectivity index (χ4v) is 5.42. The number of nitrogens with zero attached hydrogens (tertiary/aromatic N) is 2. The zero-order chi connectivity index (χ0) is 19.7. The summed E-state index contributed by atoms with van der Waals surface area (Å²) in [5, 5.41) is 3.07. The summed E-state index contributed by atoms with van der Waals surface area (Å²) in [6.07, 6.45) is 1.86. The Balaban J connectivity index is 1.80. The topological polar surface area (TPSA) is 29.9 Å². The predicted octanol–water partition coefficient (Wildman–Crippen LogP) is 6.29. The van der Waals surface area contributed by atoms with Crippen molar-refractivity contribution >= 4 is 53.6 Å². The number of halogens is 1. The summed E-state index contributed by atoms with van der Waals surface area (Å²) in [5.74, 6) is -0.295. The lowest BCUT2D eigenvalue weighted by atomic mass is 10.0. The third-order valence-electron chi connectivity index (χ3n) is 5.55. The molecule has 0 saturated heterocycles. The Bertz CT molecular complexity index is 1600. The molecular weight excluding hydrogens is 383 g/mol. The van der Waals surface area contributed by atoms with Crippen molar-refractivity contribution < 1.29 is 13.4 Å². The van der Waals surface area contributed by atoms with E-state index in [1.165, 1.54) is 16.8 Å². The van der Waals surface area contributed by atoms with E-state index in [0.717, 1.165) is 48.8 Å². The summed E-state index contributed by atoms with van der Waals surface area (Å²) < 4.78 is 24.4. The standard InChI is InChI=1S/C24H16FN2OS/c1-13-7-9-16-15-10-8-14(25)11-18(15)28-23(16)20(13)22-24-21(26-12-27(22)2)17-5-3-4-6-19(17)29-24/h3-12H,1-2H3/q+1. The average molecular weight is 399 g/mol. The van der Waals surface area contributed by atoms with Gasteiger partial charge >= 0.3 is 0 Å². The van der Waals surface area contributed by atoms with Gasteiger partial charge in [-0.2, -0.15) is 0 Å². The van der Waals surface area contributed by atoms with Crippen LogP contribution in [0.4, 0.5) is 4.39 Å². The van der Waals surface area contributed by atoms with E-state index in [4.69, 9.17) is 9.40 Å². The number of furan rings is 1. The van der Waals surface area contributed by atoms with E-state index in [2.05, 4.69) is 37.3 Å². The fourth-order valence-electron chi connectivity index (χ4n) is 4.18. The molecule has 5 heteroatoms. The van der Waals surface area contributed by atoms with E-state index in [1.807, 2.05) is 24.0 Å². The number of fused-ring (bicyclic) bond motifs is 6. The van der Waals surface area contributed by atoms with Crippen molar-refractivity contribution in [3.05, 3.63) is 72.3 Å². The normalized spacial score (nSPS) is 12.0. The summed E-state index contributed by atoms with van der Waals surface area (Å²) in [5.41, 5.74) is 5.55. The first kappa shape index (κ1) is 16.6. The Labute approximate surface area is 169 Å². The van der Waals surface area contributed by atoms with Gasteiger partial charge in [-0.3, -0.25) is 0 Å². The third-order valence-corrected chi connectivity index (χ3v) is 6.71. The predicted molar refractivity (Wildman–Crippen MR) is 116 cm³/mol. The quantitative estimate of drug-likeness (QED) is 0.304. The maximum absolute atomic E-state index is 13.8. The van der Waals surface area contributed by atoms with Crippen LogP contribution in [0.1, 0.15) is 5.56 Å². The van der Waals surface area contributed by atoms with Gasteiger partial charge in [0.2, 0.25) is 5.52 Å². The van der Waals surface area contributed by atoms with Crippen LogP contribution >= 0.6 is 11.3 Å². The molecule has 29 heavy (non-hydrogen) atoms. The fraction of sp³-hybridized carbons (Fsp3) is 0.0833. The lowest BCUT2D eigenvalue weighted by Crippen LogP contribution is -2.31. The molecule has 6 aromatic rings. The number of benzene rings is 3. The number of aryl methyl sites for hydroxylation is 2. The SMILES string of the molecule is Cc1ccc2c(oc3cc(F)ccc32)c1-c1c2sc3ccccc3c2nc[n+]1C. The minimum absolute atomic E-state index is 0.295.